The third-order valence-corrected chi connectivity index (χ3v) is 5.59. The quantitative estimate of drug-likeness (QED) is 0.674. The lowest BCUT2D eigenvalue weighted by molar-refractivity contribution is -0.125. The summed E-state index contributed by atoms with van der Waals surface area (Å²) in [7, 11) is 0. The van der Waals surface area contributed by atoms with E-state index >= 15 is 0 Å². The molecular weight excluding hydrogens is 406 g/mol. The van der Waals surface area contributed by atoms with Crippen LogP contribution in [0, 0.1) is 11.8 Å². The molecule has 0 atom stereocenters. The highest BCUT2D eigenvalue weighted by atomic mass is 16.5. The lowest BCUT2D eigenvalue weighted by Crippen LogP contribution is -2.34. The molecule has 1 fully saturated rings. The molecule has 0 aliphatic carbocycles. The van der Waals surface area contributed by atoms with Crippen LogP contribution < -0.4 is 16.2 Å². The number of hydrogen-bond acceptors (Lipinski definition) is 5. The van der Waals surface area contributed by atoms with Crippen molar-refractivity contribution in [2.24, 2.45) is 5.73 Å². The van der Waals surface area contributed by atoms with E-state index in [2.05, 4.69) is 11.8 Å². The molecule has 1 saturated heterocycles. The fourth-order valence-electron chi connectivity index (χ4n) is 4.03. The maximum Gasteiger partial charge on any atom is 0.298 e. The Labute approximate surface area is 188 Å². The summed E-state index contributed by atoms with van der Waals surface area (Å²) in [6.45, 7) is 5.63. The number of hydrogen-bond donors (Lipinski definition) is 2. The van der Waals surface area contributed by atoms with Gasteiger partial charge in [0, 0.05) is 18.7 Å². The van der Waals surface area contributed by atoms with Gasteiger partial charge in [0.15, 0.2) is 0 Å². The summed E-state index contributed by atoms with van der Waals surface area (Å²) in [4.78, 5) is 26.1. The normalized spacial score (nSPS) is 14.8. The van der Waals surface area contributed by atoms with E-state index in [1.54, 1.807) is 16.5 Å². The fraction of sp³-hybridized carbons (Fsp3) is 0.458. The van der Waals surface area contributed by atoms with Crippen molar-refractivity contribution in [3.63, 3.8) is 0 Å². The van der Waals surface area contributed by atoms with E-state index in [-0.39, 0.29) is 23.3 Å². The van der Waals surface area contributed by atoms with Crippen LogP contribution in [0.5, 0.6) is 5.75 Å². The number of likely N-dealkylation sites (tertiary alicyclic amines) is 1. The predicted octanol–water partition coefficient (Wildman–Crippen LogP) is 2.99. The molecule has 32 heavy (non-hydrogen) atoms. The first kappa shape index (κ1) is 23.2. The number of anilines is 1. The zero-order valence-corrected chi connectivity index (χ0v) is 18.8. The Morgan fingerprint density at radius 3 is 2.41 bits per heavy atom. The maximum absolute atomic E-state index is 12.2. The molecule has 8 heteroatoms. The largest absolute Gasteiger partial charge is 0.494 e. The van der Waals surface area contributed by atoms with Gasteiger partial charge in [0.1, 0.15) is 22.8 Å². The molecule has 170 valence electrons. The highest BCUT2D eigenvalue weighted by molar-refractivity contribution is 6.03. The number of nitrogen functional groups attached to an aromatic ring is 1. The van der Waals surface area contributed by atoms with Crippen LogP contribution in [-0.4, -0.2) is 46.2 Å². The summed E-state index contributed by atoms with van der Waals surface area (Å²) in [6, 6.07) is 7.46. The van der Waals surface area contributed by atoms with Gasteiger partial charge in [0.25, 0.3) is 11.8 Å². The van der Waals surface area contributed by atoms with Crippen LogP contribution in [0.3, 0.4) is 0 Å². The van der Waals surface area contributed by atoms with Crippen LogP contribution in [0.4, 0.5) is 5.82 Å². The molecule has 1 aromatic carbocycles. The Morgan fingerprint density at radius 2 is 1.84 bits per heavy atom. The van der Waals surface area contributed by atoms with Crippen LogP contribution >= 0.6 is 0 Å². The second-order valence-electron chi connectivity index (χ2n) is 7.90. The van der Waals surface area contributed by atoms with Crippen molar-refractivity contribution in [1.29, 1.82) is 0 Å². The van der Waals surface area contributed by atoms with E-state index in [0.717, 1.165) is 43.4 Å². The van der Waals surface area contributed by atoms with Crippen LogP contribution in [0.15, 0.2) is 24.3 Å². The van der Waals surface area contributed by atoms with Crippen LogP contribution in [0.1, 0.15) is 62.4 Å². The molecular formula is C24H31N5O3. The van der Waals surface area contributed by atoms with E-state index in [4.69, 9.17) is 21.3 Å². The molecule has 4 N–H and O–H groups in total. The highest BCUT2D eigenvalue weighted by Gasteiger charge is 2.26. The van der Waals surface area contributed by atoms with Crippen molar-refractivity contribution >= 4 is 17.6 Å². The third-order valence-electron chi connectivity index (χ3n) is 5.59. The van der Waals surface area contributed by atoms with Gasteiger partial charge in [0.2, 0.25) is 0 Å². The number of carbonyl (C=O) groups excluding carboxylic acids is 2. The molecule has 0 saturated carbocycles. The third kappa shape index (κ3) is 5.22. The number of primary amides is 1. The van der Waals surface area contributed by atoms with Crippen molar-refractivity contribution in [3.05, 3.63) is 29.8 Å². The van der Waals surface area contributed by atoms with Gasteiger partial charge in [-0.1, -0.05) is 12.8 Å². The molecule has 2 amide bonds. The van der Waals surface area contributed by atoms with Gasteiger partial charge in [-0.15, -0.1) is 0 Å². The van der Waals surface area contributed by atoms with Gasteiger partial charge in [-0.05, 0) is 69.2 Å². The minimum absolute atomic E-state index is 0.0310. The number of rotatable bonds is 6. The average molecular weight is 438 g/mol. The fourth-order valence-corrected chi connectivity index (χ4v) is 4.03. The average Bonchev–Trinajstić information content (AvgIpc) is 3.10. The number of benzene rings is 1. The van der Waals surface area contributed by atoms with Crippen molar-refractivity contribution in [2.75, 3.05) is 25.4 Å². The zero-order valence-electron chi connectivity index (χ0n) is 18.8. The number of amides is 2. The monoisotopic (exact) mass is 437 g/mol. The predicted molar refractivity (Wildman–Crippen MR) is 124 cm³/mol. The lowest BCUT2D eigenvalue weighted by atomic mass is 10.0. The Balaban J connectivity index is 1.83. The molecule has 1 aliphatic rings. The summed E-state index contributed by atoms with van der Waals surface area (Å²) in [5.74, 6) is 5.59. The van der Waals surface area contributed by atoms with Crippen LogP contribution in [-0.2, 0) is 4.79 Å². The van der Waals surface area contributed by atoms with Gasteiger partial charge < -0.3 is 21.1 Å². The van der Waals surface area contributed by atoms with E-state index in [0.29, 0.717) is 25.4 Å². The minimum atomic E-state index is -0.601. The summed E-state index contributed by atoms with van der Waals surface area (Å²) < 4.78 is 7.37. The Morgan fingerprint density at radius 1 is 1.19 bits per heavy atom. The molecule has 2 heterocycles. The number of aromatic nitrogens is 2. The summed E-state index contributed by atoms with van der Waals surface area (Å²) >= 11 is 0. The van der Waals surface area contributed by atoms with E-state index in [9.17, 15) is 9.59 Å². The van der Waals surface area contributed by atoms with Crippen LogP contribution in [0.25, 0.3) is 11.3 Å². The van der Waals surface area contributed by atoms with E-state index in [1.165, 1.54) is 0 Å². The molecule has 1 aliphatic heterocycles. The standard InChI is InChI=1S/C24H31N5O3/c1-3-7-20(30)28-14-5-8-18(9-6-15-28)29-23(25)21(24(26)31)22(27-29)17-10-12-19(13-11-17)32-16-4-2/h10-13,18H,4-6,8-9,14-16,25H2,1-2H3,(H2,26,31). The second-order valence-corrected chi connectivity index (χ2v) is 7.90. The Kier molecular flexibility index (Phi) is 7.77. The van der Waals surface area contributed by atoms with Crippen LogP contribution in [0.2, 0.25) is 0 Å². The number of nitrogens with two attached hydrogens (primary N) is 2. The SMILES string of the molecule is CC#CC(=O)N1CCCC(n2nc(-c3ccc(OCCC)cc3)c(C(N)=O)c2N)CCC1. The first-order valence-electron chi connectivity index (χ1n) is 11.1. The van der Waals surface area contributed by atoms with Gasteiger partial charge in [-0.3, -0.25) is 9.59 Å². The van der Waals surface area contributed by atoms with Gasteiger partial charge in [-0.2, -0.15) is 5.10 Å². The molecule has 1 aromatic heterocycles. The highest BCUT2D eigenvalue weighted by Crippen LogP contribution is 2.33. The van der Waals surface area contributed by atoms with Gasteiger partial charge >= 0.3 is 0 Å². The number of ether oxygens (including phenoxy) is 1. The molecule has 0 spiro atoms. The first-order valence-corrected chi connectivity index (χ1v) is 11.1. The molecule has 0 bridgehead atoms. The summed E-state index contributed by atoms with van der Waals surface area (Å²) in [6.07, 6.45) is 4.10. The van der Waals surface area contributed by atoms with Gasteiger partial charge in [-0.25, -0.2) is 4.68 Å². The molecule has 3 rings (SSSR count). The minimum Gasteiger partial charge on any atom is -0.494 e. The lowest BCUT2D eigenvalue weighted by Gasteiger charge is -2.27. The topological polar surface area (TPSA) is 116 Å². The first-order chi connectivity index (χ1) is 15.5. The summed E-state index contributed by atoms with van der Waals surface area (Å²) in [5.41, 5.74) is 13.5. The van der Waals surface area contributed by atoms with Crippen molar-refractivity contribution in [1.82, 2.24) is 14.7 Å². The number of carbonyl (C=O) groups is 2. The van der Waals surface area contributed by atoms with E-state index < -0.39 is 5.91 Å². The Bertz CT molecular complexity index is 1010. The molecule has 8 nitrogen and oxygen atoms in total. The number of nitrogens with zero attached hydrogens (tertiary/aromatic N) is 3. The zero-order chi connectivity index (χ0) is 23.1. The molecule has 2 aromatic rings. The maximum atomic E-state index is 12.2. The van der Waals surface area contributed by atoms with E-state index in [1.807, 2.05) is 31.2 Å². The van der Waals surface area contributed by atoms with Crippen molar-refractivity contribution in [2.45, 2.75) is 52.0 Å². The smallest absolute Gasteiger partial charge is 0.298 e. The van der Waals surface area contributed by atoms with Crippen molar-refractivity contribution in [3.8, 4) is 28.8 Å². The molecule has 0 radical (unpaired) electrons. The van der Waals surface area contributed by atoms with Gasteiger partial charge in [0.05, 0.1) is 12.6 Å². The second kappa shape index (κ2) is 10.7. The molecule has 0 unspecified atom stereocenters. The summed E-state index contributed by atoms with van der Waals surface area (Å²) in [5, 5.41) is 4.72. The van der Waals surface area contributed by atoms with Crippen molar-refractivity contribution < 1.29 is 14.3 Å². The Hall–Kier alpha value is -3.47.